The predicted octanol–water partition coefficient (Wildman–Crippen LogP) is 0.655. The zero-order chi connectivity index (χ0) is 10.2. The summed E-state index contributed by atoms with van der Waals surface area (Å²) in [5, 5.41) is 21.4. The number of rotatable bonds is 3. The van der Waals surface area contributed by atoms with Crippen molar-refractivity contribution in [3.05, 3.63) is 28.9 Å². The minimum absolute atomic E-state index is 0.0524. The molecule has 76 valence electrons. The molecule has 0 aromatic heterocycles. The SMILES string of the molecule is O=NC[C@@]12C=C[C@@](CO)(C=C(O)C1)O2. The number of nitrogens with zero attached hydrogens (tertiary/aromatic N) is 1. The van der Waals surface area contributed by atoms with Gasteiger partial charge in [-0.3, -0.25) is 0 Å². The lowest BCUT2D eigenvalue weighted by Gasteiger charge is -2.35. The molecule has 0 saturated carbocycles. The second kappa shape index (κ2) is 2.90. The first kappa shape index (κ1) is 9.36. The van der Waals surface area contributed by atoms with Crippen LogP contribution in [0.15, 0.2) is 29.2 Å². The summed E-state index contributed by atoms with van der Waals surface area (Å²) in [5.74, 6) is 0.124. The van der Waals surface area contributed by atoms with Gasteiger partial charge in [0.2, 0.25) is 0 Å². The monoisotopic (exact) mass is 197 g/mol. The zero-order valence-electron chi connectivity index (χ0n) is 7.51. The van der Waals surface area contributed by atoms with Gasteiger partial charge in [0.25, 0.3) is 0 Å². The fourth-order valence-electron chi connectivity index (χ4n) is 1.93. The molecule has 5 heteroatoms. The van der Waals surface area contributed by atoms with E-state index in [9.17, 15) is 10.0 Å². The fraction of sp³-hybridized carbons (Fsp3) is 0.556. The number of hydrogen-bond donors (Lipinski definition) is 2. The van der Waals surface area contributed by atoms with Crippen LogP contribution in [0.25, 0.3) is 0 Å². The Hall–Kier alpha value is -1.20. The number of fused-ring (bicyclic) bond motifs is 2. The highest BCUT2D eigenvalue weighted by atomic mass is 16.5. The van der Waals surface area contributed by atoms with Crippen molar-refractivity contribution in [1.82, 2.24) is 0 Å². The maximum absolute atomic E-state index is 10.2. The van der Waals surface area contributed by atoms with Crippen molar-refractivity contribution in [2.24, 2.45) is 5.18 Å². The lowest BCUT2D eigenvalue weighted by Crippen LogP contribution is -2.44. The third kappa shape index (κ3) is 1.25. The summed E-state index contributed by atoms with van der Waals surface area (Å²) in [4.78, 5) is 10.2. The van der Waals surface area contributed by atoms with Gasteiger partial charge in [-0.05, 0) is 12.2 Å². The molecule has 2 aliphatic rings. The van der Waals surface area contributed by atoms with E-state index in [-0.39, 0.29) is 25.3 Å². The summed E-state index contributed by atoms with van der Waals surface area (Å²) < 4.78 is 5.54. The van der Waals surface area contributed by atoms with Crippen LogP contribution in [0.3, 0.4) is 0 Å². The Morgan fingerprint density at radius 3 is 3.00 bits per heavy atom. The first-order valence-electron chi connectivity index (χ1n) is 4.35. The summed E-state index contributed by atoms with van der Waals surface area (Å²) in [7, 11) is 0. The van der Waals surface area contributed by atoms with Crippen LogP contribution in [-0.4, -0.2) is 34.6 Å². The third-order valence-corrected chi connectivity index (χ3v) is 2.53. The summed E-state index contributed by atoms with van der Waals surface area (Å²) in [6, 6.07) is 0. The Kier molecular flexibility index (Phi) is 1.94. The zero-order valence-corrected chi connectivity index (χ0v) is 7.51. The summed E-state index contributed by atoms with van der Waals surface area (Å²) in [6.45, 7) is -0.308. The molecular formula is C9H11NO4. The maximum atomic E-state index is 10.2. The van der Waals surface area contributed by atoms with Gasteiger partial charge >= 0.3 is 0 Å². The highest BCUT2D eigenvalue weighted by Gasteiger charge is 2.48. The van der Waals surface area contributed by atoms with Crippen molar-refractivity contribution >= 4 is 0 Å². The van der Waals surface area contributed by atoms with Crippen LogP contribution in [0.4, 0.5) is 0 Å². The largest absolute Gasteiger partial charge is 0.512 e. The minimum atomic E-state index is -0.965. The summed E-state index contributed by atoms with van der Waals surface area (Å²) in [6.07, 6.45) is 5.03. The number of nitroso groups, excluding NO2 is 1. The van der Waals surface area contributed by atoms with Gasteiger partial charge < -0.3 is 14.9 Å². The van der Waals surface area contributed by atoms with Gasteiger partial charge in [-0.2, -0.15) is 4.91 Å². The molecule has 0 aromatic rings. The topological polar surface area (TPSA) is 79.1 Å². The van der Waals surface area contributed by atoms with E-state index in [0.29, 0.717) is 0 Å². The minimum Gasteiger partial charge on any atom is -0.512 e. The molecule has 0 aliphatic carbocycles. The molecule has 2 aliphatic heterocycles. The Balaban J connectivity index is 2.33. The van der Waals surface area contributed by atoms with Gasteiger partial charge in [0, 0.05) is 6.42 Å². The van der Waals surface area contributed by atoms with Crippen LogP contribution in [-0.2, 0) is 4.74 Å². The van der Waals surface area contributed by atoms with Crippen LogP contribution in [0, 0.1) is 4.91 Å². The third-order valence-electron chi connectivity index (χ3n) is 2.53. The number of aliphatic hydroxyl groups is 2. The van der Waals surface area contributed by atoms with Crippen LogP contribution in [0.1, 0.15) is 6.42 Å². The molecule has 2 N–H and O–H groups in total. The molecule has 0 spiro atoms. The molecule has 0 unspecified atom stereocenters. The molecule has 14 heavy (non-hydrogen) atoms. The summed E-state index contributed by atoms with van der Waals surface area (Å²) in [5.41, 5.74) is -1.82. The van der Waals surface area contributed by atoms with Crippen molar-refractivity contribution in [1.29, 1.82) is 0 Å². The van der Waals surface area contributed by atoms with Gasteiger partial charge in [0.15, 0.2) is 0 Å². The molecule has 5 nitrogen and oxygen atoms in total. The van der Waals surface area contributed by atoms with Gasteiger partial charge in [-0.1, -0.05) is 11.3 Å². The number of ether oxygens (including phenoxy) is 1. The molecule has 2 heterocycles. The smallest absolute Gasteiger partial charge is 0.132 e. The van der Waals surface area contributed by atoms with Crippen LogP contribution >= 0.6 is 0 Å². The molecular weight excluding hydrogens is 186 g/mol. The van der Waals surface area contributed by atoms with E-state index in [1.807, 2.05) is 0 Å². The van der Waals surface area contributed by atoms with E-state index in [0.717, 1.165) is 0 Å². The first-order chi connectivity index (χ1) is 6.64. The standard InChI is InChI=1S/C9H11NO4/c11-6-9-2-1-8(14-9,5-10-13)3-7(12)4-9/h1-2,4,11-12H,3,5-6H2/t8-,9+/m1/s1. The molecule has 0 saturated heterocycles. The van der Waals surface area contributed by atoms with E-state index < -0.39 is 11.2 Å². The van der Waals surface area contributed by atoms with Crippen LogP contribution in [0.2, 0.25) is 0 Å². The van der Waals surface area contributed by atoms with E-state index in [1.54, 1.807) is 12.2 Å². The predicted molar refractivity (Wildman–Crippen MR) is 48.8 cm³/mol. The Bertz CT molecular complexity index is 325. The van der Waals surface area contributed by atoms with Crippen LogP contribution in [0.5, 0.6) is 0 Å². The van der Waals surface area contributed by atoms with Gasteiger partial charge in [-0.25, -0.2) is 0 Å². The van der Waals surface area contributed by atoms with Gasteiger partial charge in [0.1, 0.15) is 17.7 Å². The first-order valence-corrected chi connectivity index (χ1v) is 4.35. The lowest BCUT2D eigenvalue weighted by molar-refractivity contribution is -0.0958. The van der Waals surface area contributed by atoms with E-state index in [4.69, 9.17) is 9.84 Å². The van der Waals surface area contributed by atoms with E-state index >= 15 is 0 Å². The molecule has 0 radical (unpaired) electrons. The van der Waals surface area contributed by atoms with E-state index in [1.165, 1.54) is 6.08 Å². The van der Waals surface area contributed by atoms with Crippen molar-refractivity contribution < 1.29 is 14.9 Å². The Labute approximate surface area is 80.7 Å². The molecule has 2 atom stereocenters. The number of aliphatic hydroxyl groups excluding tert-OH is 2. The maximum Gasteiger partial charge on any atom is 0.132 e. The normalized spacial score (nSPS) is 39.6. The molecule has 0 fully saturated rings. The molecule has 0 aromatic carbocycles. The quantitative estimate of drug-likeness (QED) is 0.514. The van der Waals surface area contributed by atoms with Gasteiger partial charge in [0.05, 0.1) is 12.4 Å². The fourth-order valence-corrected chi connectivity index (χ4v) is 1.93. The van der Waals surface area contributed by atoms with Crippen molar-refractivity contribution in [2.75, 3.05) is 13.2 Å². The molecule has 2 rings (SSSR count). The van der Waals surface area contributed by atoms with Gasteiger partial charge in [-0.15, -0.1) is 0 Å². The summed E-state index contributed by atoms with van der Waals surface area (Å²) >= 11 is 0. The van der Waals surface area contributed by atoms with Crippen molar-refractivity contribution in [3.8, 4) is 0 Å². The molecule has 2 bridgehead atoms. The Morgan fingerprint density at radius 1 is 1.57 bits per heavy atom. The average molecular weight is 197 g/mol. The van der Waals surface area contributed by atoms with E-state index in [2.05, 4.69) is 5.18 Å². The lowest BCUT2D eigenvalue weighted by atomic mass is 9.97. The second-order valence-electron chi connectivity index (χ2n) is 3.71. The number of hydrogen-bond acceptors (Lipinski definition) is 5. The van der Waals surface area contributed by atoms with Crippen LogP contribution < -0.4 is 0 Å². The average Bonchev–Trinajstić information content (AvgIpc) is 2.40. The van der Waals surface area contributed by atoms with Crippen molar-refractivity contribution in [2.45, 2.75) is 17.6 Å². The molecule has 0 amide bonds. The Morgan fingerprint density at radius 2 is 2.36 bits per heavy atom. The van der Waals surface area contributed by atoms with Crippen molar-refractivity contribution in [3.63, 3.8) is 0 Å². The highest BCUT2D eigenvalue weighted by Crippen LogP contribution is 2.41. The second-order valence-corrected chi connectivity index (χ2v) is 3.71. The highest BCUT2D eigenvalue weighted by molar-refractivity contribution is 5.32.